The van der Waals surface area contributed by atoms with E-state index in [-0.39, 0.29) is 12.4 Å². The molecule has 0 rings (SSSR count). The molecule has 0 radical (unpaired) electrons. The Balaban J connectivity index is 0. The van der Waals surface area contributed by atoms with E-state index in [0.717, 1.165) is 0 Å². The number of hydrogen-bond acceptors (Lipinski definition) is 4. The monoisotopic (exact) mass is 241 g/mol. The van der Waals surface area contributed by atoms with Crippen LogP contribution in [0, 0.1) is 0 Å². The number of carbonyl (C=O) groups excluding carboxylic acids is 1. The molecule has 0 aliphatic rings. The summed E-state index contributed by atoms with van der Waals surface area (Å²) < 4.78 is 0. The van der Waals surface area contributed by atoms with E-state index in [9.17, 15) is 4.79 Å². The molecule has 0 fully saturated rings. The molecule has 0 unspecified atom stereocenters. The van der Waals surface area contributed by atoms with E-state index in [4.69, 9.17) is 11.0 Å². The van der Waals surface area contributed by atoms with Crippen LogP contribution in [0.25, 0.3) is 0 Å². The summed E-state index contributed by atoms with van der Waals surface area (Å²) >= 11 is 0. The quantitative estimate of drug-likeness (QED) is 0.162. The second-order valence-electron chi connectivity index (χ2n) is 2.38. The lowest BCUT2D eigenvalue weighted by Crippen LogP contribution is -2.26. The van der Waals surface area contributed by atoms with Gasteiger partial charge in [-0.05, 0) is 0 Å². The Morgan fingerprint density at radius 1 is 1.53 bits per heavy atom. The summed E-state index contributed by atoms with van der Waals surface area (Å²) in [7, 11) is 0. The Hall–Kier alpha value is -1.92. The summed E-state index contributed by atoms with van der Waals surface area (Å²) in [6.45, 7) is 10.6. The topological polar surface area (TPSA) is 96.9 Å². The number of amides is 1. The molecule has 1 amide bonds. The minimum absolute atomic E-state index is 0.0622. The molecule has 0 saturated heterocycles. The number of allylic oxidation sites excluding steroid dienone is 2. The van der Waals surface area contributed by atoms with Gasteiger partial charge >= 0.3 is 0 Å². The van der Waals surface area contributed by atoms with Gasteiger partial charge in [0.15, 0.2) is 0 Å². The summed E-state index contributed by atoms with van der Waals surface area (Å²) in [5.74, 6) is -0.543. The number of rotatable bonds is 6. The minimum atomic E-state index is -0.481. The lowest BCUT2D eigenvalue weighted by molar-refractivity contribution is -0.227. The fourth-order valence-corrected chi connectivity index (χ4v) is 0.649. The van der Waals surface area contributed by atoms with Crippen LogP contribution in [0.15, 0.2) is 42.1 Å². The van der Waals surface area contributed by atoms with Crippen LogP contribution >= 0.6 is 0 Å². The van der Waals surface area contributed by atoms with E-state index >= 15 is 0 Å². The van der Waals surface area contributed by atoms with Crippen LogP contribution in [0.1, 0.15) is 13.8 Å². The van der Waals surface area contributed by atoms with Crippen molar-refractivity contribution >= 4 is 11.7 Å². The van der Waals surface area contributed by atoms with Crippen molar-refractivity contribution in [3.05, 3.63) is 37.0 Å². The van der Waals surface area contributed by atoms with Crippen LogP contribution in [0.2, 0.25) is 0 Å². The van der Waals surface area contributed by atoms with Crippen LogP contribution in [0.3, 0.4) is 0 Å². The highest BCUT2D eigenvalue weighted by atomic mass is 17.1. The average Bonchev–Trinajstić information content (AvgIpc) is 2.36. The lowest BCUT2D eigenvalue weighted by atomic mass is 10.2. The third-order valence-corrected chi connectivity index (χ3v) is 1.29. The van der Waals surface area contributed by atoms with E-state index in [1.807, 2.05) is 13.8 Å². The van der Waals surface area contributed by atoms with Crippen molar-refractivity contribution in [1.82, 2.24) is 5.43 Å². The summed E-state index contributed by atoms with van der Waals surface area (Å²) in [4.78, 5) is 15.0. The standard InChI is InChI=1S/C9H13N3O3.C2H6/c1-3-5-7(4-2)9(13)12-11-8(10)6-15-14;1-2/h3-5,14H,1-2,6H2,(H2,10,11)(H,12,13);1-2H3/b7-5+;. The maximum absolute atomic E-state index is 11.3. The number of nitrogens with zero attached hydrogens (tertiary/aromatic N) is 1. The molecule has 6 heteroatoms. The van der Waals surface area contributed by atoms with Gasteiger partial charge in [-0.3, -0.25) is 10.1 Å². The normalized spacial score (nSPS) is 11.0. The van der Waals surface area contributed by atoms with E-state index in [0.29, 0.717) is 5.57 Å². The summed E-state index contributed by atoms with van der Waals surface area (Å²) in [5, 5.41) is 11.5. The Kier molecular flexibility index (Phi) is 12.5. The highest BCUT2D eigenvalue weighted by Crippen LogP contribution is 1.95. The average molecular weight is 241 g/mol. The number of amidine groups is 1. The van der Waals surface area contributed by atoms with Crippen molar-refractivity contribution in [2.75, 3.05) is 6.61 Å². The third-order valence-electron chi connectivity index (χ3n) is 1.29. The number of nitrogens with two attached hydrogens (primary N) is 1. The van der Waals surface area contributed by atoms with Crippen LogP contribution in [0.4, 0.5) is 0 Å². The first kappa shape index (κ1) is 17.5. The molecule has 0 aliphatic heterocycles. The van der Waals surface area contributed by atoms with Gasteiger partial charge in [-0.1, -0.05) is 45.2 Å². The molecule has 0 aromatic heterocycles. The van der Waals surface area contributed by atoms with Gasteiger partial charge in [0.05, 0.1) is 0 Å². The Morgan fingerprint density at radius 3 is 2.53 bits per heavy atom. The second kappa shape index (κ2) is 12.2. The van der Waals surface area contributed by atoms with Crippen molar-refractivity contribution in [3.63, 3.8) is 0 Å². The zero-order chi connectivity index (χ0) is 13.7. The van der Waals surface area contributed by atoms with E-state index in [1.165, 1.54) is 18.2 Å². The molecule has 0 spiro atoms. The molecule has 4 N–H and O–H groups in total. The fraction of sp³-hybridized carbons (Fsp3) is 0.273. The number of hydrogen-bond donors (Lipinski definition) is 3. The SMILES string of the molecule is C=C/C=C(\C=C)C(=O)N/N=C(\N)COO.CC. The van der Waals surface area contributed by atoms with Crippen molar-refractivity contribution in [2.24, 2.45) is 10.8 Å². The van der Waals surface area contributed by atoms with Crippen molar-refractivity contribution < 1.29 is 14.9 Å². The molecular formula is C11H19N3O3. The highest BCUT2D eigenvalue weighted by molar-refractivity contribution is 5.97. The molecule has 0 aromatic rings. The first-order valence-electron chi connectivity index (χ1n) is 4.99. The van der Waals surface area contributed by atoms with E-state index in [2.05, 4.69) is 28.6 Å². The van der Waals surface area contributed by atoms with Crippen molar-refractivity contribution in [3.8, 4) is 0 Å². The number of hydrazone groups is 1. The van der Waals surface area contributed by atoms with Gasteiger partial charge in [0.2, 0.25) is 0 Å². The molecule has 0 aliphatic carbocycles. The smallest absolute Gasteiger partial charge is 0.271 e. The molecule has 96 valence electrons. The predicted molar refractivity (Wildman–Crippen MR) is 68.2 cm³/mol. The number of carbonyl (C=O) groups is 1. The van der Waals surface area contributed by atoms with Gasteiger partial charge in [0.1, 0.15) is 12.4 Å². The van der Waals surface area contributed by atoms with Crippen LogP contribution < -0.4 is 11.2 Å². The summed E-state index contributed by atoms with van der Waals surface area (Å²) in [6, 6.07) is 0. The zero-order valence-corrected chi connectivity index (χ0v) is 10.1. The minimum Gasteiger partial charge on any atom is -0.384 e. The first-order valence-corrected chi connectivity index (χ1v) is 4.99. The molecule has 0 aromatic carbocycles. The molecule has 0 heterocycles. The molecular weight excluding hydrogens is 222 g/mol. The molecule has 6 nitrogen and oxygen atoms in total. The van der Waals surface area contributed by atoms with Crippen molar-refractivity contribution in [2.45, 2.75) is 13.8 Å². The Labute approximate surface area is 101 Å². The Bertz CT molecular complexity index is 309. The van der Waals surface area contributed by atoms with Crippen LogP contribution in [0.5, 0.6) is 0 Å². The van der Waals surface area contributed by atoms with Crippen LogP contribution in [-0.4, -0.2) is 23.6 Å². The van der Waals surface area contributed by atoms with Gasteiger partial charge in [0, 0.05) is 5.57 Å². The Morgan fingerprint density at radius 2 is 2.12 bits per heavy atom. The molecule has 17 heavy (non-hydrogen) atoms. The van der Waals surface area contributed by atoms with Gasteiger partial charge < -0.3 is 5.73 Å². The maximum Gasteiger partial charge on any atom is 0.271 e. The van der Waals surface area contributed by atoms with E-state index in [1.54, 1.807) is 0 Å². The fourth-order valence-electron chi connectivity index (χ4n) is 0.649. The zero-order valence-electron chi connectivity index (χ0n) is 10.1. The maximum atomic E-state index is 11.3. The summed E-state index contributed by atoms with van der Waals surface area (Å²) in [6.07, 6.45) is 4.27. The molecule has 0 bridgehead atoms. The molecule has 0 atom stereocenters. The van der Waals surface area contributed by atoms with E-state index < -0.39 is 5.91 Å². The summed E-state index contributed by atoms with van der Waals surface area (Å²) in [5.41, 5.74) is 7.68. The van der Waals surface area contributed by atoms with Gasteiger partial charge in [-0.25, -0.2) is 10.3 Å². The highest BCUT2D eigenvalue weighted by Gasteiger charge is 2.03. The van der Waals surface area contributed by atoms with Gasteiger partial charge in [-0.2, -0.15) is 5.10 Å². The van der Waals surface area contributed by atoms with Gasteiger partial charge in [0.25, 0.3) is 5.91 Å². The third kappa shape index (κ3) is 9.04. The first-order chi connectivity index (χ1) is 8.15. The van der Waals surface area contributed by atoms with Crippen LogP contribution in [-0.2, 0) is 9.68 Å². The molecule has 0 saturated carbocycles. The largest absolute Gasteiger partial charge is 0.384 e. The van der Waals surface area contributed by atoms with Gasteiger partial charge in [-0.15, -0.1) is 0 Å². The number of nitrogens with one attached hydrogen (secondary N) is 1. The lowest BCUT2D eigenvalue weighted by Gasteiger charge is -2.00. The predicted octanol–water partition coefficient (Wildman–Crippen LogP) is 1.19. The second-order valence-corrected chi connectivity index (χ2v) is 2.38. The van der Waals surface area contributed by atoms with Crippen molar-refractivity contribution in [1.29, 1.82) is 0 Å².